The average Bonchev–Trinajstić information content (AvgIpc) is 3.23. The first-order valence-electron chi connectivity index (χ1n) is 17.3. The summed E-state index contributed by atoms with van der Waals surface area (Å²) >= 11 is 0.348. The van der Waals surface area contributed by atoms with Gasteiger partial charge in [0.2, 0.25) is 0 Å². The molecule has 1 unspecified atom stereocenters. The van der Waals surface area contributed by atoms with Crippen molar-refractivity contribution in [3.63, 3.8) is 0 Å². The van der Waals surface area contributed by atoms with Crippen molar-refractivity contribution in [1.29, 1.82) is 1.43 Å². The molecule has 1 aliphatic heterocycles. The van der Waals surface area contributed by atoms with Gasteiger partial charge in [-0.15, -0.1) is 11.3 Å². The summed E-state index contributed by atoms with van der Waals surface area (Å²) in [6.07, 6.45) is -13.9. The maximum Gasteiger partial charge on any atom is 0.293 e. The first-order valence-corrected chi connectivity index (χ1v) is 7.78. The molecule has 0 saturated carbocycles. The number of thiazole rings is 1. The fourth-order valence-electron chi connectivity index (χ4n) is 2.01. The van der Waals surface area contributed by atoms with E-state index >= 15 is 0 Å². The van der Waals surface area contributed by atoms with Crippen molar-refractivity contribution in [2.45, 2.75) is 45.3 Å². The molecule has 26 heavy (non-hydrogen) atoms. The number of likely N-dealkylation sites (tertiary alicyclic amines) is 1. The molecule has 1 aliphatic rings. The van der Waals surface area contributed by atoms with Gasteiger partial charge in [-0.2, -0.15) is 0 Å². The van der Waals surface area contributed by atoms with Gasteiger partial charge < -0.3 is 15.3 Å². The zero-order valence-electron chi connectivity index (χ0n) is 34.1. The Labute approximate surface area is 186 Å². The molecule has 0 bridgehead atoms. The number of nitrogens with zero attached hydrogens (tertiary/aromatic N) is 3. The van der Waals surface area contributed by atoms with E-state index in [1.54, 1.807) is 0 Å². The first-order chi connectivity index (χ1) is 20.6. The third-order valence-corrected chi connectivity index (χ3v) is 3.82. The van der Waals surface area contributed by atoms with E-state index in [1.165, 1.54) is 0 Å². The van der Waals surface area contributed by atoms with Gasteiger partial charge in [0.1, 0.15) is 15.9 Å². The van der Waals surface area contributed by atoms with E-state index in [9.17, 15) is 9.59 Å². The van der Waals surface area contributed by atoms with E-state index in [-0.39, 0.29) is 4.57 Å². The van der Waals surface area contributed by atoms with Crippen molar-refractivity contribution in [3.05, 3.63) is 21.4 Å². The fourth-order valence-corrected chi connectivity index (χ4v) is 2.78. The molecule has 3 rings (SSSR count). The van der Waals surface area contributed by atoms with Crippen molar-refractivity contribution in [3.8, 4) is 5.75 Å². The van der Waals surface area contributed by atoms with Gasteiger partial charge >= 0.3 is 0 Å². The van der Waals surface area contributed by atoms with Gasteiger partial charge in [0.25, 0.3) is 12.9 Å². The van der Waals surface area contributed by atoms with Crippen LogP contribution in [0.3, 0.4) is 0 Å². The monoisotopic (exact) mass is 399 g/mol. The number of amides is 1. The third kappa shape index (κ3) is 3.76. The number of fused-ring (bicyclic) bond motifs is 1. The minimum absolute atomic E-state index is 0.193. The average molecular weight is 400 g/mol. The van der Waals surface area contributed by atoms with Crippen LogP contribution in [-0.2, 0) is 0 Å². The Bertz CT molecular complexity index is 1620. The molecule has 142 valence electrons. The van der Waals surface area contributed by atoms with Gasteiger partial charge in [0, 0.05) is 35.8 Å². The molecule has 3 heterocycles. The van der Waals surface area contributed by atoms with Crippen LogP contribution in [0.5, 0.6) is 5.75 Å². The molecule has 2 aromatic rings. The van der Waals surface area contributed by atoms with Crippen molar-refractivity contribution in [2.75, 3.05) is 26.0 Å². The van der Waals surface area contributed by atoms with E-state index in [0.29, 0.717) is 11.3 Å². The predicted octanol–water partition coefficient (Wildman–Crippen LogP) is 2.35. The number of rotatable bonds is 7. The smallest absolute Gasteiger partial charge is 0.293 e. The minimum Gasteiger partial charge on any atom is -0.505 e. The van der Waals surface area contributed by atoms with Crippen molar-refractivity contribution < 1.29 is 37.4 Å². The fraction of sp³-hybridized carbons (Fsp3) is 0.611. The number of hydrogen-bond donors (Lipinski definition) is 2. The number of nitrogens with one attached hydrogen (secondary N) is 1. The normalized spacial score (nSPS) is 40.9. The first kappa shape index (κ1) is 5.78. The number of hydrogen-bond acceptors (Lipinski definition) is 6. The van der Waals surface area contributed by atoms with Crippen LogP contribution in [0.4, 0.5) is 0 Å². The molecule has 2 aromatic heterocycles. The zero-order valence-corrected chi connectivity index (χ0v) is 13.9. The Kier molecular flexibility index (Phi) is 1.82. The topological polar surface area (TPSA) is 87.5 Å². The highest BCUT2D eigenvalue weighted by atomic mass is 32.1. The van der Waals surface area contributed by atoms with E-state index in [2.05, 4.69) is 10.1 Å². The molecule has 0 aromatic carbocycles. The molecular formula is C18H26N4O3S. The maximum absolute atomic E-state index is 13.6. The number of piperidine rings is 1. The quantitative estimate of drug-likeness (QED) is 0.746. The van der Waals surface area contributed by atoms with E-state index in [0.717, 1.165) is 6.92 Å². The van der Waals surface area contributed by atoms with Gasteiger partial charge in [-0.05, 0) is 52.4 Å². The lowest BCUT2D eigenvalue weighted by atomic mass is 10.1. The number of carbonyl (C=O) groups excluding carboxylic acids is 1. The highest BCUT2D eigenvalue weighted by Crippen LogP contribution is 2.29. The summed E-state index contributed by atoms with van der Waals surface area (Å²) in [5.41, 5.74) is -4.49. The van der Waals surface area contributed by atoms with Crippen LogP contribution in [0.1, 0.15) is 81.7 Å². The Morgan fingerprint density at radius 3 is 3.23 bits per heavy atom. The summed E-state index contributed by atoms with van der Waals surface area (Å²) in [6.45, 7) is -18.3. The Hall–Kier alpha value is -1.93. The molecule has 0 radical (unpaired) electrons. The Morgan fingerprint density at radius 2 is 2.50 bits per heavy atom. The van der Waals surface area contributed by atoms with Crippen molar-refractivity contribution >= 4 is 27.6 Å². The summed E-state index contributed by atoms with van der Waals surface area (Å²) in [7, 11) is 0. The lowest BCUT2D eigenvalue weighted by Crippen LogP contribution is -2.36. The summed E-state index contributed by atoms with van der Waals surface area (Å²) in [6, 6.07) is -2.91. The molecule has 8 heteroatoms. The lowest BCUT2D eigenvalue weighted by molar-refractivity contribution is 0.0946. The summed E-state index contributed by atoms with van der Waals surface area (Å²) in [4.78, 5) is 29.6. The molecule has 2 N–H and O–H groups in total. The zero-order chi connectivity index (χ0) is 37.1. The SMILES string of the molecule is [2H]Oc1c(C(=O)N([2H])C([2H])([2H])CC([2H])([2H])N2C([2H])([2H])C([2H])([2H])C([2H])([2H])C([2H])([2H])C2([2H])[2H])c(=O)n(C([2H])(C)C([2H])([2H])[2H])c2sc([2H])nc12. The van der Waals surface area contributed by atoms with E-state index in [4.69, 9.17) is 28.9 Å². The van der Waals surface area contributed by atoms with Gasteiger partial charge in [-0.25, -0.2) is 4.98 Å². The van der Waals surface area contributed by atoms with Gasteiger partial charge in [-0.1, -0.05) is 6.37 Å². The standard InChI is InChI=1S/C18H26N4O3S/c1-12(2)22-17(25)13(15(23)14-18(22)26-11-20-14)16(24)19-7-6-10-21-8-4-3-5-9-21/h11-12,23H,3-10H2,1-2H3,(H,19,24)/i1D3,3D2,4D2,5D2,7D2,8D2,9D2,10D2,11D,12D/hD2. The van der Waals surface area contributed by atoms with Gasteiger partial charge in [0.05, 0.1) is 8.23 Å². The van der Waals surface area contributed by atoms with Crippen LogP contribution in [0.2, 0.25) is 1.41 Å². The largest absolute Gasteiger partial charge is 0.505 e. The van der Waals surface area contributed by atoms with Crippen LogP contribution in [-0.4, -0.2) is 52.9 Å². The van der Waals surface area contributed by atoms with Crippen molar-refractivity contribution in [1.82, 2.24) is 19.8 Å². The van der Waals surface area contributed by atoms with E-state index < -0.39 is 113 Å². The lowest BCUT2D eigenvalue weighted by Gasteiger charge is -2.26. The molecule has 0 aliphatic carbocycles. The van der Waals surface area contributed by atoms with Crippen molar-refractivity contribution in [2.24, 2.45) is 0 Å². The Balaban J connectivity index is 2.23. The predicted molar refractivity (Wildman–Crippen MR) is 103 cm³/mol. The number of pyridine rings is 1. The number of carbonyl (C=O) groups is 1. The maximum atomic E-state index is 13.6. The molecule has 1 fully saturated rings. The highest BCUT2D eigenvalue weighted by molar-refractivity contribution is 7.16. The van der Waals surface area contributed by atoms with Crippen LogP contribution in [0, 0.1) is 0 Å². The summed E-state index contributed by atoms with van der Waals surface area (Å²) < 4.78 is 169. The van der Waals surface area contributed by atoms with Crippen LogP contribution in [0.15, 0.2) is 10.3 Å². The molecular weight excluding hydrogens is 352 g/mol. The van der Waals surface area contributed by atoms with Gasteiger partial charge in [-0.3, -0.25) is 14.2 Å². The highest BCUT2D eigenvalue weighted by Gasteiger charge is 2.24. The Morgan fingerprint density at radius 1 is 1.69 bits per heavy atom. The second-order valence-corrected chi connectivity index (χ2v) is 5.51. The minimum atomic E-state index is -4.06. The summed E-state index contributed by atoms with van der Waals surface area (Å²) in [5.74, 6) is -3.17. The second-order valence-electron chi connectivity index (χ2n) is 4.73. The van der Waals surface area contributed by atoms with Crippen LogP contribution >= 0.6 is 11.3 Å². The van der Waals surface area contributed by atoms with E-state index in [1.807, 2.05) is 0 Å². The van der Waals surface area contributed by atoms with Crippen LogP contribution in [0.25, 0.3) is 10.3 Å². The summed E-state index contributed by atoms with van der Waals surface area (Å²) in [5, 5.41) is 3.61. The second kappa shape index (κ2) is 8.18. The molecule has 1 amide bonds. The number of aromatic hydroxyl groups is 1. The van der Waals surface area contributed by atoms with Gasteiger partial charge in [0.15, 0.2) is 7.16 Å². The molecule has 1 saturated heterocycles. The molecule has 7 nitrogen and oxygen atoms in total. The molecule has 0 spiro atoms. The third-order valence-electron chi connectivity index (χ3n) is 3.07. The number of aromatic nitrogens is 2. The molecule has 1 atom stereocenters. The van der Waals surface area contributed by atoms with Crippen LogP contribution < -0.4 is 10.9 Å².